The van der Waals surface area contributed by atoms with Gasteiger partial charge in [-0.05, 0) is 42.3 Å². The molecule has 2 aromatic rings. The van der Waals surface area contributed by atoms with E-state index in [0.29, 0.717) is 16.9 Å². The molecule has 0 radical (unpaired) electrons. The predicted molar refractivity (Wildman–Crippen MR) is 187 cm³/mol. The summed E-state index contributed by atoms with van der Waals surface area (Å²) in [5.41, 5.74) is 3.55. The molecule has 0 aliphatic rings. The van der Waals surface area contributed by atoms with Gasteiger partial charge in [0.1, 0.15) is 12.6 Å². The summed E-state index contributed by atoms with van der Waals surface area (Å²) in [6, 6.07) is 10.2. The van der Waals surface area contributed by atoms with Gasteiger partial charge in [0, 0.05) is 65.3 Å². The van der Waals surface area contributed by atoms with Crippen molar-refractivity contribution in [1.29, 1.82) is 0 Å². The number of nitrogens with one attached hydrogen (secondary N) is 3. The van der Waals surface area contributed by atoms with Gasteiger partial charge in [-0.3, -0.25) is 10.1 Å². The highest BCUT2D eigenvalue weighted by atomic mass is 79.9. The molecular formula is C28H35Br4N5O7. The fraction of sp³-hybridized carbons (Fsp3) is 0.429. The molecule has 0 saturated carbocycles. The lowest BCUT2D eigenvalue weighted by molar-refractivity contribution is -0.140. The highest BCUT2D eigenvalue weighted by Crippen LogP contribution is 2.32. The average Bonchev–Trinajstić information content (AvgIpc) is 2.98. The average molecular weight is 873 g/mol. The molecule has 3 amide bonds. The Morgan fingerprint density at radius 1 is 0.795 bits per heavy atom. The second-order valence-corrected chi connectivity index (χ2v) is 12.4. The van der Waals surface area contributed by atoms with Crippen molar-refractivity contribution >= 4 is 111 Å². The number of alkyl halides is 4. The maximum absolute atomic E-state index is 12.8. The summed E-state index contributed by atoms with van der Waals surface area (Å²) in [5.74, 6) is -2.49. The largest absolute Gasteiger partial charge is 0.481 e. The van der Waals surface area contributed by atoms with Gasteiger partial charge in [0.05, 0.1) is 11.4 Å². The van der Waals surface area contributed by atoms with Gasteiger partial charge in [-0.15, -0.1) is 0 Å². The SMILES string of the molecule is O=C(O)CC[C@H](NC(=O)Nc1ccc(COC(=O)Nc2ccc(N(CCBr)CCBr)cc2N(CCBr)CCBr)cc1)C(=O)O. The smallest absolute Gasteiger partial charge is 0.412 e. The van der Waals surface area contributed by atoms with Crippen LogP contribution >= 0.6 is 63.7 Å². The zero-order valence-corrected chi connectivity index (χ0v) is 30.1. The summed E-state index contributed by atoms with van der Waals surface area (Å²) in [7, 11) is 0. The second kappa shape index (κ2) is 20.5. The van der Waals surface area contributed by atoms with Crippen LogP contribution in [0.1, 0.15) is 18.4 Å². The van der Waals surface area contributed by atoms with Crippen LogP contribution in [0.2, 0.25) is 0 Å². The van der Waals surface area contributed by atoms with Crippen molar-refractivity contribution in [1.82, 2.24) is 5.32 Å². The Labute approximate surface area is 289 Å². The third-order valence-electron chi connectivity index (χ3n) is 6.17. The lowest BCUT2D eigenvalue weighted by atomic mass is 10.1. The molecule has 0 spiro atoms. The van der Waals surface area contributed by atoms with Crippen molar-refractivity contribution in [2.75, 3.05) is 67.9 Å². The maximum Gasteiger partial charge on any atom is 0.412 e. The van der Waals surface area contributed by atoms with Gasteiger partial charge in [0.15, 0.2) is 0 Å². The van der Waals surface area contributed by atoms with Crippen LogP contribution in [-0.4, -0.2) is 87.8 Å². The number of amides is 3. The number of hydrogen-bond acceptors (Lipinski definition) is 7. The number of urea groups is 1. The third-order valence-corrected chi connectivity index (χ3v) is 7.59. The zero-order valence-electron chi connectivity index (χ0n) is 23.7. The van der Waals surface area contributed by atoms with Gasteiger partial charge in [-0.2, -0.15) is 0 Å². The minimum Gasteiger partial charge on any atom is -0.481 e. The van der Waals surface area contributed by atoms with Gasteiger partial charge >= 0.3 is 24.1 Å². The van der Waals surface area contributed by atoms with E-state index in [-0.39, 0.29) is 13.0 Å². The third kappa shape index (κ3) is 13.2. The fourth-order valence-corrected chi connectivity index (χ4v) is 5.76. The Morgan fingerprint density at radius 3 is 1.93 bits per heavy atom. The molecule has 2 rings (SSSR count). The first-order valence-corrected chi connectivity index (χ1v) is 18.0. The molecule has 0 fully saturated rings. The number of carbonyl (C=O) groups excluding carboxylic acids is 2. The van der Waals surface area contributed by atoms with Crippen LogP contribution in [-0.2, 0) is 20.9 Å². The van der Waals surface area contributed by atoms with Crippen LogP contribution in [0.5, 0.6) is 0 Å². The number of carbonyl (C=O) groups is 4. The molecule has 0 aromatic heterocycles. The van der Waals surface area contributed by atoms with Gasteiger partial charge in [-0.1, -0.05) is 75.9 Å². The Morgan fingerprint density at radius 2 is 1.39 bits per heavy atom. The van der Waals surface area contributed by atoms with E-state index >= 15 is 0 Å². The van der Waals surface area contributed by atoms with E-state index in [1.54, 1.807) is 24.3 Å². The quantitative estimate of drug-likeness (QED) is 0.106. The highest BCUT2D eigenvalue weighted by molar-refractivity contribution is 9.09. The zero-order chi connectivity index (χ0) is 32.5. The number of benzene rings is 2. The van der Waals surface area contributed by atoms with Gasteiger partial charge < -0.3 is 35.4 Å². The first-order valence-electron chi connectivity index (χ1n) is 13.5. The number of anilines is 4. The second-order valence-electron chi connectivity index (χ2n) is 9.25. The number of rotatable bonds is 19. The van der Waals surface area contributed by atoms with Crippen LogP contribution in [0, 0.1) is 0 Å². The van der Waals surface area contributed by atoms with E-state index < -0.39 is 36.5 Å². The van der Waals surface area contributed by atoms with Crippen molar-refractivity contribution in [2.45, 2.75) is 25.5 Å². The number of carboxylic acids is 2. The molecule has 44 heavy (non-hydrogen) atoms. The van der Waals surface area contributed by atoms with Crippen molar-refractivity contribution in [3.63, 3.8) is 0 Å². The van der Waals surface area contributed by atoms with Crippen LogP contribution in [0.3, 0.4) is 0 Å². The van der Waals surface area contributed by atoms with Gasteiger partial charge in [0.2, 0.25) is 0 Å². The summed E-state index contributed by atoms with van der Waals surface area (Å²) in [6.07, 6.45) is -1.28. The van der Waals surface area contributed by atoms with Crippen LogP contribution < -0.4 is 25.8 Å². The highest BCUT2D eigenvalue weighted by Gasteiger charge is 2.21. The molecule has 0 saturated heterocycles. The van der Waals surface area contributed by atoms with Gasteiger partial charge in [0.25, 0.3) is 0 Å². The van der Waals surface area contributed by atoms with Crippen molar-refractivity contribution in [2.24, 2.45) is 0 Å². The van der Waals surface area contributed by atoms with E-state index in [2.05, 4.69) is 95.5 Å². The Kier molecular flexibility index (Phi) is 17.5. The maximum atomic E-state index is 12.8. The van der Waals surface area contributed by atoms with Crippen LogP contribution in [0.15, 0.2) is 42.5 Å². The van der Waals surface area contributed by atoms with Crippen molar-refractivity contribution in [3.05, 3.63) is 48.0 Å². The molecule has 5 N–H and O–H groups in total. The van der Waals surface area contributed by atoms with Crippen molar-refractivity contribution < 1.29 is 34.1 Å². The lowest BCUT2D eigenvalue weighted by Crippen LogP contribution is -2.43. The predicted octanol–water partition coefficient (Wildman–Crippen LogP) is 6.07. The molecule has 0 aliphatic carbocycles. The molecule has 242 valence electrons. The summed E-state index contributed by atoms with van der Waals surface area (Å²) in [5, 5.41) is 28.7. The molecule has 16 heteroatoms. The number of nitrogens with zero attached hydrogens (tertiary/aromatic N) is 2. The fourth-order valence-electron chi connectivity index (χ4n) is 4.04. The normalized spacial score (nSPS) is 11.3. The number of carboxylic acid groups (broad SMARTS) is 2. The summed E-state index contributed by atoms with van der Waals surface area (Å²) < 4.78 is 5.46. The molecular weight excluding hydrogens is 838 g/mol. The topological polar surface area (TPSA) is 161 Å². The summed E-state index contributed by atoms with van der Waals surface area (Å²) >= 11 is 14.1. The molecule has 1 atom stereocenters. The van der Waals surface area contributed by atoms with E-state index in [1.807, 2.05) is 12.1 Å². The molecule has 12 nitrogen and oxygen atoms in total. The van der Waals surface area contributed by atoms with E-state index in [1.165, 1.54) is 0 Å². The van der Waals surface area contributed by atoms with E-state index in [9.17, 15) is 24.3 Å². The monoisotopic (exact) mass is 869 g/mol. The lowest BCUT2D eigenvalue weighted by Gasteiger charge is -2.29. The van der Waals surface area contributed by atoms with Crippen LogP contribution in [0.4, 0.5) is 32.3 Å². The van der Waals surface area contributed by atoms with Crippen molar-refractivity contribution in [3.8, 4) is 0 Å². The minimum absolute atomic E-state index is 0.0290. The number of ether oxygens (including phenoxy) is 1. The molecule has 0 aliphatic heterocycles. The number of hydrogen-bond donors (Lipinski definition) is 5. The Bertz CT molecular complexity index is 1230. The number of halogens is 4. The summed E-state index contributed by atoms with van der Waals surface area (Å²) in [6.45, 7) is 3.08. The Hall–Kier alpha value is -2.56. The van der Waals surface area contributed by atoms with E-state index in [0.717, 1.165) is 58.9 Å². The first kappa shape index (κ1) is 37.6. The van der Waals surface area contributed by atoms with E-state index in [4.69, 9.17) is 9.84 Å². The first-order chi connectivity index (χ1) is 21.1. The molecule has 0 bridgehead atoms. The Balaban J connectivity index is 2.05. The van der Waals surface area contributed by atoms with Gasteiger partial charge in [-0.25, -0.2) is 14.4 Å². The molecule has 2 aromatic carbocycles. The minimum atomic E-state index is -1.34. The molecule has 0 heterocycles. The summed E-state index contributed by atoms with van der Waals surface area (Å²) in [4.78, 5) is 51.5. The molecule has 0 unspecified atom stereocenters. The standard InChI is InChI=1S/C28H35Br4N5O7/c29-9-13-36(14-10-30)21-5-6-22(24(17-21)37(15-11-31)16-12-32)35-28(43)44-18-19-1-3-20(4-2-19)33-27(42)34-23(26(40)41)7-8-25(38)39/h1-6,17,23H,7-16,18H2,(H,35,43)(H,38,39)(H,40,41)(H2,33,34,42)/t23-/m0/s1. The number of aliphatic carboxylic acids is 2. The van der Waals surface area contributed by atoms with Crippen LogP contribution in [0.25, 0.3) is 0 Å².